The van der Waals surface area contributed by atoms with Gasteiger partial charge in [0.25, 0.3) is 5.91 Å². The predicted molar refractivity (Wildman–Crippen MR) is 84.4 cm³/mol. The van der Waals surface area contributed by atoms with E-state index in [1.54, 1.807) is 18.4 Å². The van der Waals surface area contributed by atoms with Crippen molar-refractivity contribution in [1.82, 2.24) is 5.32 Å². The number of rotatable bonds is 7. The lowest BCUT2D eigenvalue weighted by atomic mass is 10.2. The minimum atomic E-state index is -0.181. The number of carbonyl (C=O) groups is 1. The quantitative estimate of drug-likeness (QED) is 0.762. The predicted octanol–water partition coefficient (Wildman–Crippen LogP) is 4.15. The number of benzene rings is 1. The van der Waals surface area contributed by atoms with Crippen LogP contribution in [-0.2, 0) is 6.54 Å². The highest BCUT2D eigenvalue weighted by Crippen LogP contribution is 2.23. The first-order valence-electron chi connectivity index (χ1n) is 6.93. The molecule has 2 aromatic rings. The Balaban J connectivity index is 2.05. The topological polar surface area (TPSA) is 51.5 Å². The molecule has 5 heteroatoms. The van der Waals surface area contributed by atoms with Crippen molar-refractivity contribution in [1.29, 1.82) is 0 Å². The van der Waals surface area contributed by atoms with Crippen molar-refractivity contribution in [2.45, 2.75) is 26.3 Å². The van der Waals surface area contributed by atoms with Crippen LogP contribution in [-0.4, -0.2) is 12.5 Å². The summed E-state index contributed by atoms with van der Waals surface area (Å²) in [5, 5.41) is 2.83. The van der Waals surface area contributed by atoms with Gasteiger partial charge in [-0.05, 0) is 36.8 Å². The van der Waals surface area contributed by atoms with Crippen LogP contribution in [0.15, 0.2) is 45.5 Å². The summed E-state index contributed by atoms with van der Waals surface area (Å²) in [4.78, 5) is 12.3. The van der Waals surface area contributed by atoms with Gasteiger partial charge >= 0.3 is 0 Å². The van der Waals surface area contributed by atoms with Gasteiger partial charge in [0, 0.05) is 4.47 Å². The van der Waals surface area contributed by atoms with Crippen molar-refractivity contribution in [3.8, 4) is 5.75 Å². The van der Waals surface area contributed by atoms with Gasteiger partial charge in [-0.1, -0.05) is 29.3 Å². The van der Waals surface area contributed by atoms with Gasteiger partial charge in [0.2, 0.25) is 0 Å². The number of nitrogens with one attached hydrogen (secondary N) is 1. The molecule has 0 atom stereocenters. The normalized spacial score (nSPS) is 10.4. The average Bonchev–Trinajstić information content (AvgIpc) is 3.00. The van der Waals surface area contributed by atoms with Crippen molar-refractivity contribution in [3.63, 3.8) is 0 Å². The van der Waals surface area contributed by atoms with E-state index in [2.05, 4.69) is 28.2 Å². The van der Waals surface area contributed by atoms with Crippen molar-refractivity contribution in [2.24, 2.45) is 0 Å². The van der Waals surface area contributed by atoms with Crippen LogP contribution in [0.5, 0.6) is 5.75 Å². The second-order valence-corrected chi connectivity index (χ2v) is 5.52. The van der Waals surface area contributed by atoms with Crippen molar-refractivity contribution < 1.29 is 13.9 Å². The average molecular weight is 352 g/mol. The molecular weight excluding hydrogens is 334 g/mol. The second-order valence-electron chi connectivity index (χ2n) is 4.60. The lowest BCUT2D eigenvalue weighted by molar-refractivity contribution is 0.0944. The first-order chi connectivity index (χ1) is 10.2. The largest absolute Gasteiger partial charge is 0.493 e. The van der Waals surface area contributed by atoms with Crippen LogP contribution in [0, 0.1) is 0 Å². The molecule has 0 bridgehead atoms. The summed E-state index contributed by atoms with van der Waals surface area (Å²) >= 11 is 3.38. The molecule has 0 saturated carbocycles. The zero-order valence-corrected chi connectivity index (χ0v) is 13.5. The number of hydrogen-bond acceptors (Lipinski definition) is 3. The lowest BCUT2D eigenvalue weighted by Gasteiger charge is -2.11. The van der Waals surface area contributed by atoms with Gasteiger partial charge < -0.3 is 14.5 Å². The van der Waals surface area contributed by atoms with Gasteiger partial charge in [0.05, 0.1) is 25.0 Å². The van der Waals surface area contributed by atoms with E-state index in [0.29, 0.717) is 30.2 Å². The summed E-state index contributed by atoms with van der Waals surface area (Å²) in [5.74, 6) is 1.13. The highest BCUT2D eigenvalue weighted by molar-refractivity contribution is 9.10. The van der Waals surface area contributed by atoms with E-state index in [-0.39, 0.29) is 5.91 Å². The van der Waals surface area contributed by atoms with Crippen LogP contribution in [0.1, 0.15) is 35.9 Å². The Hall–Kier alpha value is -1.75. The molecule has 1 N–H and O–H groups in total. The van der Waals surface area contributed by atoms with Crippen LogP contribution in [0.25, 0.3) is 0 Å². The second kappa shape index (κ2) is 7.88. The van der Waals surface area contributed by atoms with Gasteiger partial charge in [-0.15, -0.1) is 0 Å². The number of furan rings is 1. The Bertz CT molecular complexity index is 581. The Morgan fingerprint density at radius 1 is 1.38 bits per heavy atom. The number of halogens is 1. The fraction of sp³-hybridized carbons (Fsp3) is 0.312. The molecule has 0 fully saturated rings. The van der Waals surface area contributed by atoms with Crippen LogP contribution in [0.4, 0.5) is 0 Å². The van der Waals surface area contributed by atoms with Crippen LogP contribution in [0.2, 0.25) is 0 Å². The van der Waals surface area contributed by atoms with Crippen LogP contribution >= 0.6 is 15.9 Å². The Morgan fingerprint density at radius 3 is 2.95 bits per heavy atom. The zero-order chi connectivity index (χ0) is 15.1. The molecule has 4 nitrogen and oxygen atoms in total. The minimum absolute atomic E-state index is 0.181. The highest BCUT2D eigenvalue weighted by atomic mass is 79.9. The molecule has 1 amide bonds. The number of unbranched alkanes of at least 4 members (excludes halogenated alkanes) is 1. The van der Waals surface area contributed by atoms with E-state index in [9.17, 15) is 4.79 Å². The van der Waals surface area contributed by atoms with Gasteiger partial charge in [-0.3, -0.25) is 4.79 Å². The van der Waals surface area contributed by atoms with Crippen molar-refractivity contribution >= 4 is 21.8 Å². The van der Waals surface area contributed by atoms with Crippen molar-refractivity contribution in [3.05, 3.63) is 52.4 Å². The standard InChI is InChI=1S/C16H18BrNO3/c1-2-3-8-21-15-7-6-12(17)10-14(15)16(19)18-11-13-5-4-9-20-13/h4-7,9-10H,2-3,8,11H2,1H3,(H,18,19). The Labute approximate surface area is 132 Å². The lowest BCUT2D eigenvalue weighted by Crippen LogP contribution is -2.23. The molecular formula is C16H18BrNO3. The van der Waals surface area contributed by atoms with E-state index in [1.807, 2.05) is 18.2 Å². The molecule has 21 heavy (non-hydrogen) atoms. The fourth-order valence-electron chi connectivity index (χ4n) is 1.81. The minimum Gasteiger partial charge on any atom is -0.493 e. The molecule has 0 saturated heterocycles. The molecule has 0 aliphatic carbocycles. The molecule has 0 spiro atoms. The number of ether oxygens (including phenoxy) is 1. The third-order valence-corrected chi connectivity index (χ3v) is 3.44. The van der Waals surface area contributed by atoms with Crippen LogP contribution in [0.3, 0.4) is 0 Å². The monoisotopic (exact) mass is 351 g/mol. The maximum absolute atomic E-state index is 12.3. The van der Waals surface area contributed by atoms with Gasteiger partial charge in [-0.25, -0.2) is 0 Å². The molecule has 0 unspecified atom stereocenters. The molecule has 1 aromatic carbocycles. The fourth-order valence-corrected chi connectivity index (χ4v) is 2.17. The Kier molecular flexibility index (Phi) is 5.87. The molecule has 0 aliphatic heterocycles. The maximum atomic E-state index is 12.3. The number of carbonyl (C=O) groups excluding carboxylic acids is 1. The zero-order valence-electron chi connectivity index (χ0n) is 11.9. The van der Waals surface area contributed by atoms with E-state index >= 15 is 0 Å². The third kappa shape index (κ3) is 4.63. The van der Waals surface area contributed by atoms with E-state index in [0.717, 1.165) is 17.3 Å². The van der Waals surface area contributed by atoms with E-state index < -0.39 is 0 Å². The molecule has 0 aliphatic rings. The number of amides is 1. The van der Waals surface area contributed by atoms with Crippen molar-refractivity contribution in [2.75, 3.05) is 6.61 Å². The summed E-state index contributed by atoms with van der Waals surface area (Å²) < 4.78 is 11.7. The molecule has 1 heterocycles. The Morgan fingerprint density at radius 2 is 2.24 bits per heavy atom. The third-order valence-electron chi connectivity index (χ3n) is 2.94. The SMILES string of the molecule is CCCCOc1ccc(Br)cc1C(=O)NCc1ccco1. The molecule has 1 aromatic heterocycles. The smallest absolute Gasteiger partial charge is 0.255 e. The van der Waals surface area contributed by atoms with E-state index in [1.165, 1.54) is 0 Å². The highest BCUT2D eigenvalue weighted by Gasteiger charge is 2.13. The molecule has 112 valence electrons. The van der Waals surface area contributed by atoms with E-state index in [4.69, 9.17) is 9.15 Å². The van der Waals surface area contributed by atoms with Gasteiger partial charge in [0.1, 0.15) is 11.5 Å². The number of hydrogen-bond donors (Lipinski definition) is 1. The van der Waals surface area contributed by atoms with Gasteiger partial charge in [0.15, 0.2) is 0 Å². The molecule has 2 rings (SSSR count). The van der Waals surface area contributed by atoms with Gasteiger partial charge in [-0.2, -0.15) is 0 Å². The van der Waals surface area contributed by atoms with Crippen LogP contribution < -0.4 is 10.1 Å². The summed E-state index contributed by atoms with van der Waals surface area (Å²) in [7, 11) is 0. The summed E-state index contributed by atoms with van der Waals surface area (Å²) in [6.07, 6.45) is 3.60. The maximum Gasteiger partial charge on any atom is 0.255 e. The first kappa shape index (κ1) is 15.6. The summed E-state index contributed by atoms with van der Waals surface area (Å²) in [6.45, 7) is 3.06. The first-order valence-corrected chi connectivity index (χ1v) is 7.73. The molecule has 0 radical (unpaired) electrons. The summed E-state index contributed by atoms with van der Waals surface area (Å²) in [5.41, 5.74) is 0.520. The summed E-state index contributed by atoms with van der Waals surface area (Å²) in [6, 6.07) is 9.05.